The molecule has 2 rings (SSSR count). The number of aryl methyl sites for hydroxylation is 3. The van der Waals surface area contributed by atoms with Gasteiger partial charge in [0.15, 0.2) is 0 Å². The van der Waals surface area contributed by atoms with E-state index in [0.717, 1.165) is 5.56 Å². The SMILES string of the molecule is Cc1cc(C)c(C[C@@H](C(=O)O)N2CCOCC2)c(C)c1. The molecule has 1 aromatic rings. The first-order chi connectivity index (χ1) is 9.49. The summed E-state index contributed by atoms with van der Waals surface area (Å²) in [4.78, 5) is 13.6. The van der Waals surface area contributed by atoms with Crippen molar-refractivity contribution in [1.29, 1.82) is 0 Å². The molecule has 110 valence electrons. The summed E-state index contributed by atoms with van der Waals surface area (Å²) in [5.74, 6) is -0.744. The van der Waals surface area contributed by atoms with Gasteiger partial charge in [0.2, 0.25) is 0 Å². The van der Waals surface area contributed by atoms with Crippen LogP contribution in [0.2, 0.25) is 0 Å². The number of aliphatic carboxylic acids is 1. The van der Waals surface area contributed by atoms with Crippen molar-refractivity contribution in [2.45, 2.75) is 33.2 Å². The highest BCUT2D eigenvalue weighted by Gasteiger charge is 2.28. The van der Waals surface area contributed by atoms with Gasteiger partial charge in [-0.1, -0.05) is 17.7 Å². The molecule has 0 saturated carbocycles. The van der Waals surface area contributed by atoms with E-state index in [9.17, 15) is 9.90 Å². The number of rotatable bonds is 4. The number of ether oxygens (including phenoxy) is 1. The minimum absolute atomic E-state index is 0.459. The van der Waals surface area contributed by atoms with Crippen LogP contribution in [0.1, 0.15) is 22.3 Å². The van der Waals surface area contributed by atoms with Gasteiger partial charge >= 0.3 is 5.97 Å². The van der Waals surface area contributed by atoms with Crippen LogP contribution in [0, 0.1) is 20.8 Å². The zero-order valence-electron chi connectivity index (χ0n) is 12.5. The van der Waals surface area contributed by atoms with Gasteiger partial charge in [-0.25, -0.2) is 0 Å². The number of carboxylic acid groups (broad SMARTS) is 1. The Bertz CT molecular complexity index is 469. The van der Waals surface area contributed by atoms with Gasteiger partial charge in [-0.2, -0.15) is 0 Å². The number of carboxylic acids is 1. The molecule has 1 aromatic carbocycles. The van der Waals surface area contributed by atoms with Crippen molar-refractivity contribution in [3.05, 3.63) is 34.4 Å². The fourth-order valence-electron chi connectivity index (χ4n) is 2.99. The van der Waals surface area contributed by atoms with Gasteiger partial charge < -0.3 is 9.84 Å². The first-order valence-electron chi connectivity index (χ1n) is 7.10. The summed E-state index contributed by atoms with van der Waals surface area (Å²) in [5, 5.41) is 9.54. The third-order valence-corrected chi connectivity index (χ3v) is 4.01. The smallest absolute Gasteiger partial charge is 0.321 e. The molecule has 0 aliphatic carbocycles. The average molecular weight is 277 g/mol. The predicted octanol–water partition coefficient (Wildman–Crippen LogP) is 1.94. The van der Waals surface area contributed by atoms with Crippen molar-refractivity contribution in [1.82, 2.24) is 4.90 Å². The molecule has 4 heteroatoms. The van der Waals surface area contributed by atoms with Gasteiger partial charge in [-0.15, -0.1) is 0 Å². The lowest BCUT2D eigenvalue weighted by molar-refractivity contribution is -0.145. The molecule has 1 fully saturated rings. The average Bonchev–Trinajstić information content (AvgIpc) is 2.38. The number of morpholine rings is 1. The summed E-state index contributed by atoms with van der Waals surface area (Å²) in [6.07, 6.45) is 0.563. The van der Waals surface area contributed by atoms with Gasteiger partial charge in [0, 0.05) is 13.1 Å². The highest BCUT2D eigenvalue weighted by atomic mass is 16.5. The van der Waals surface area contributed by atoms with E-state index in [4.69, 9.17) is 4.74 Å². The van der Waals surface area contributed by atoms with E-state index in [2.05, 4.69) is 32.9 Å². The Labute approximate surface area is 120 Å². The van der Waals surface area contributed by atoms with Gasteiger partial charge in [0.1, 0.15) is 6.04 Å². The van der Waals surface area contributed by atoms with E-state index in [1.807, 2.05) is 4.90 Å². The maximum Gasteiger partial charge on any atom is 0.321 e. The monoisotopic (exact) mass is 277 g/mol. The van der Waals surface area contributed by atoms with E-state index in [0.29, 0.717) is 32.7 Å². The Morgan fingerprint density at radius 1 is 1.25 bits per heavy atom. The Kier molecular flexibility index (Phi) is 4.78. The lowest BCUT2D eigenvalue weighted by Gasteiger charge is -2.32. The fourth-order valence-corrected chi connectivity index (χ4v) is 2.99. The van der Waals surface area contributed by atoms with Crippen LogP contribution in [0.3, 0.4) is 0 Å². The van der Waals surface area contributed by atoms with E-state index >= 15 is 0 Å². The van der Waals surface area contributed by atoms with Crippen molar-refractivity contribution in [2.24, 2.45) is 0 Å². The van der Waals surface area contributed by atoms with Crippen molar-refractivity contribution >= 4 is 5.97 Å². The van der Waals surface area contributed by atoms with Gasteiger partial charge in [0.25, 0.3) is 0 Å². The Morgan fingerprint density at radius 2 is 1.80 bits per heavy atom. The summed E-state index contributed by atoms with van der Waals surface area (Å²) in [6, 6.07) is 3.79. The second-order valence-electron chi connectivity index (χ2n) is 5.58. The van der Waals surface area contributed by atoms with Crippen LogP contribution in [0.5, 0.6) is 0 Å². The van der Waals surface area contributed by atoms with Crippen LogP contribution in [0.25, 0.3) is 0 Å². The number of carbonyl (C=O) groups is 1. The van der Waals surface area contributed by atoms with Crippen molar-refractivity contribution in [3.8, 4) is 0 Å². The van der Waals surface area contributed by atoms with Crippen LogP contribution < -0.4 is 0 Å². The van der Waals surface area contributed by atoms with Crippen LogP contribution in [-0.2, 0) is 16.0 Å². The molecule has 1 saturated heterocycles. The van der Waals surface area contributed by atoms with Crippen LogP contribution in [-0.4, -0.2) is 48.3 Å². The zero-order valence-corrected chi connectivity index (χ0v) is 12.5. The van der Waals surface area contributed by atoms with E-state index in [1.54, 1.807) is 0 Å². The van der Waals surface area contributed by atoms with Crippen molar-refractivity contribution in [3.63, 3.8) is 0 Å². The van der Waals surface area contributed by atoms with E-state index in [1.165, 1.54) is 16.7 Å². The Morgan fingerprint density at radius 3 is 2.30 bits per heavy atom. The molecule has 1 heterocycles. The fraction of sp³-hybridized carbons (Fsp3) is 0.562. The highest BCUT2D eigenvalue weighted by Crippen LogP contribution is 2.20. The molecule has 1 aliphatic rings. The normalized spacial score (nSPS) is 17.9. The number of benzene rings is 1. The summed E-state index contributed by atoms with van der Waals surface area (Å²) in [7, 11) is 0. The number of hydrogen-bond acceptors (Lipinski definition) is 3. The van der Waals surface area contributed by atoms with Crippen molar-refractivity contribution in [2.75, 3.05) is 26.3 Å². The van der Waals surface area contributed by atoms with Crippen LogP contribution >= 0.6 is 0 Å². The lowest BCUT2D eigenvalue weighted by atomic mass is 9.93. The standard InChI is InChI=1S/C16H23NO3/c1-11-8-12(2)14(13(3)9-11)10-15(16(18)19)17-4-6-20-7-5-17/h8-9,15H,4-7,10H2,1-3H3,(H,18,19)/t15-/m0/s1. The zero-order chi connectivity index (χ0) is 14.7. The lowest BCUT2D eigenvalue weighted by Crippen LogP contribution is -2.48. The first-order valence-corrected chi connectivity index (χ1v) is 7.10. The molecule has 0 unspecified atom stereocenters. The summed E-state index contributed by atoms with van der Waals surface area (Å²) in [5.41, 5.74) is 4.75. The maximum atomic E-state index is 11.6. The molecular weight excluding hydrogens is 254 g/mol. The largest absolute Gasteiger partial charge is 0.480 e. The highest BCUT2D eigenvalue weighted by molar-refractivity contribution is 5.74. The quantitative estimate of drug-likeness (QED) is 0.914. The molecular formula is C16H23NO3. The molecule has 1 atom stereocenters. The molecule has 0 radical (unpaired) electrons. The second kappa shape index (κ2) is 6.37. The minimum atomic E-state index is -0.744. The molecule has 1 N–H and O–H groups in total. The summed E-state index contributed by atoms with van der Waals surface area (Å²) in [6.45, 7) is 8.83. The minimum Gasteiger partial charge on any atom is -0.480 e. The molecule has 1 aliphatic heterocycles. The molecule has 0 aromatic heterocycles. The van der Waals surface area contributed by atoms with Crippen molar-refractivity contribution < 1.29 is 14.6 Å². The molecule has 0 spiro atoms. The van der Waals surface area contributed by atoms with Crippen LogP contribution in [0.15, 0.2) is 12.1 Å². The van der Waals surface area contributed by atoms with Gasteiger partial charge in [-0.3, -0.25) is 9.69 Å². The molecule has 0 bridgehead atoms. The van der Waals surface area contributed by atoms with Gasteiger partial charge in [0.05, 0.1) is 13.2 Å². The molecule has 4 nitrogen and oxygen atoms in total. The first kappa shape index (κ1) is 15.0. The molecule has 20 heavy (non-hydrogen) atoms. The Balaban J connectivity index is 2.22. The second-order valence-corrected chi connectivity index (χ2v) is 5.58. The maximum absolute atomic E-state index is 11.6. The van der Waals surface area contributed by atoms with E-state index in [-0.39, 0.29) is 0 Å². The third-order valence-electron chi connectivity index (χ3n) is 4.01. The summed E-state index contributed by atoms with van der Waals surface area (Å²) >= 11 is 0. The topological polar surface area (TPSA) is 49.8 Å². The summed E-state index contributed by atoms with van der Waals surface area (Å²) < 4.78 is 5.31. The third kappa shape index (κ3) is 3.38. The van der Waals surface area contributed by atoms with Crippen LogP contribution in [0.4, 0.5) is 0 Å². The predicted molar refractivity (Wildman–Crippen MR) is 78.2 cm³/mol. The van der Waals surface area contributed by atoms with Gasteiger partial charge in [-0.05, 0) is 43.9 Å². The Hall–Kier alpha value is -1.39. The number of nitrogens with zero attached hydrogens (tertiary/aromatic N) is 1. The number of hydrogen-bond donors (Lipinski definition) is 1. The molecule has 0 amide bonds. The van der Waals surface area contributed by atoms with E-state index < -0.39 is 12.0 Å².